The van der Waals surface area contributed by atoms with E-state index in [1.54, 1.807) is 0 Å². The first-order valence-electron chi connectivity index (χ1n) is 7.75. The van der Waals surface area contributed by atoms with Crippen molar-refractivity contribution in [2.75, 3.05) is 12.8 Å². The molecule has 0 N–H and O–H groups in total. The van der Waals surface area contributed by atoms with Gasteiger partial charge in [-0.3, -0.25) is 0 Å². The molecule has 0 aliphatic carbocycles. The molecule has 6 heteroatoms. The second-order valence-corrected chi connectivity index (χ2v) is 10.7. The minimum atomic E-state index is -3.07. The average Bonchev–Trinajstić information content (AvgIpc) is 2.58. The Labute approximate surface area is 157 Å². The van der Waals surface area contributed by atoms with Gasteiger partial charge in [0.15, 0.2) is 0 Å². The Hall–Kier alpha value is -0.831. The molecule has 2 aromatic carbocycles. The maximum atomic E-state index is 12.8. The second-order valence-electron chi connectivity index (χ2n) is 5.24. The Bertz CT molecular complexity index is 792. The first-order chi connectivity index (χ1) is 11.6. The van der Waals surface area contributed by atoms with Crippen molar-refractivity contribution in [1.82, 2.24) is 0 Å². The predicted octanol–water partition coefficient (Wildman–Crippen LogP) is 4.80. The summed E-state index contributed by atoms with van der Waals surface area (Å²) in [5.74, 6) is 0.717. The van der Waals surface area contributed by atoms with Crippen molar-refractivity contribution >= 4 is 48.7 Å². The molecule has 0 radical (unpaired) electrons. The Morgan fingerprint density at radius 3 is 2.58 bits per heavy atom. The number of hydrogen-bond donors (Lipinski definition) is 0. The molecule has 0 bridgehead atoms. The van der Waals surface area contributed by atoms with Crippen LogP contribution in [0.3, 0.4) is 0 Å². The van der Waals surface area contributed by atoms with E-state index in [4.69, 9.17) is 9.05 Å². The summed E-state index contributed by atoms with van der Waals surface area (Å²) in [5.41, 5.74) is 0.935. The number of hydrogen-bond acceptors (Lipinski definition) is 3. The Balaban J connectivity index is 2.02. The molecule has 1 aliphatic rings. The van der Waals surface area contributed by atoms with E-state index in [0.717, 1.165) is 22.2 Å². The molecular weight excluding hydrogens is 454 g/mol. The van der Waals surface area contributed by atoms with Crippen LogP contribution in [-0.2, 0) is 13.6 Å². The minimum absolute atomic E-state index is 0.128. The zero-order valence-corrected chi connectivity index (χ0v) is 17.5. The van der Waals surface area contributed by atoms with Gasteiger partial charge in [-0.15, -0.1) is 0 Å². The van der Waals surface area contributed by atoms with Gasteiger partial charge in [0.1, 0.15) is 0 Å². The van der Waals surface area contributed by atoms with Crippen molar-refractivity contribution in [3.63, 3.8) is 0 Å². The first-order valence-corrected chi connectivity index (χ1v) is 12.0. The van der Waals surface area contributed by atoms with Gasteiger partial charge in [0.25, 0.3) is 0 Å². The molecule has 0 fully saturated rings. The van der Waals surface area contributed by atoms with Crippen molar-refractivity contribution in [3.8, 4) is 0 Å². The van der Waals surface area contributed by atoms with E-state index in [1.165, 1.54) is 8.93 Å². The molecule has 24 heavy (non-hydrogen) atoms. The third-order valence-electron chi connectivity index (χ3n) is 3.52. The van der Waals surface area contributed by atoms with Crippen LogP contribution in [0.5, 0.6) is 0 Å². The molecule has 2 aromatic rings. The molecule has 1 aliphatic heterocycles. The van der Waals surface area contributed by atoms with E-state index >= 15 is 0 Å². The monoisotopic (exact) mass is 472 g/mol. The van der Waals surface area contributed by atoms with E-state index in [1.807, 2.05) is 49.4 Å². The normalized spacial score (nSPS) is 20.8. The number of halogens is 1. The van der Waals surface area contributed by atoms with Gasteiger partial charge in [0, 0.05) is 0 Å². The van der Waals surface area contributed by atoms with Crippen LogP contribution in [0.15, 0.2) is 63.5 Å². The predicted molar refractivity (Wildman–Crippen MR) is 103 cm³/mol. The number of rotatable bonds is 5. The van der Waals surface area contributed by atoms with Crippen molar-refractivity contribution < 1.29 is 13.6 Å². The summed E-state index contributed by atoms with van der Waals surface area (Å²) in [6.45, 7) is 2.23. The maximum absolute atomic E-state index is 12.8. The fourth-order valence-corrected chi connectivity index (χ4v) is 7.20. The summed E-state index contributed by atoms with van der Waals surface area (Å²) >= 11 is 3.71. The first kappa shape index (κ1) is 18.0. The summed E-state index contributed by atoms with van der Waals surface area (Å²) in [6.07, 6.45) is 1.18. The summed E-state index contributed by atoms with van der Waals surface area (Å²) in [7, 11) is -3.07. The number of benzene rings is 2. The SMILES string of the molecule is CCOP1(=O)CCC([Se]c2ccccc2)=C(c2ccccc2Br)O1. The van der Waals surface area contributed by atoms with Crippen LogP contribution in [0.25, 0.3) is 5.76 Å². The molecule has 1 atom stereocenters. The van der Waals surface area contributed by atoms with Crippen molar-refractivity contribution in [2.24, 2.45) is 0 Å². The molecule has 3 rings (SSSR count). The van der Waals surface area contributed by atoms with Gasteiger partial charge in [0.2, 0.25) is 0 Å². The molecule has 126 valence electrons. The van der Waals surface area contributed by atoms with Gasteiger partial charge in [0.05, 0.1) is 0 Å². The molecule has 0 amide bonds. The van der Waals surface area contributed by atoms with Gasteiger partial charge < -0.3 is 0 Å². The molecule has 0 saturated heterocycles. The third-order valence-corrected chi connectivity index (χ3v) is 8.50. The summed E-state index contributed by atoms with van der Waals surface area (Å²) in [5, 5.41) is 0. The van der Waals surface area contributed by atoms with Crippen LogP contribution >= 0.6 is 23.5 Å². The van der Waals surface area contributed by atoms with Gasteiger partial charge in [-0.25, -0.2) is 0 Å². The average molecular weight is 472 g/mol. The fraction of sp³-hybridized carbons (Fsp3) is 0.222. The Kier molecular flexibility index (Phi) is 6.02. The summed E-state index contributed by atoms with van der Waals surface area (Å²) < 4.78 is 27.7. The van der Waals surface area contributed by atoms with Crippen LogP contribution in [0.1, 0.15) is 18.9 Å². The van der Waals surface area contributed by atoms with Gasteiger partial charge in [-0.05, 0) is 0 Å². The molecule has 3 nitrogen and oxygen atoms in total. The Morgan fingerprint density at radius 1 is 1.17 bits per heavy atom. The van der Waals surface area contributed by atoms with Gasteiger partial charge >= 0.3 is 158 Å². The zero-order valence-electron chi connectivity index (χ0n) is 13.3. The summed E-state index contributed by atoms with van der Waals surface area (Å²) in [4.78, 5) is 0. The van der Waals surface area contributed by atoms with E-state index in [0.29, 0.717) is 12.8 Å². The van der Waals surface area contributed by atoms with Crippen molar-refractivity contribution in [1.29, 1.82) is 0 Å². The van der Waals surface area contributed by atoms with Crippen molar-refractivity contribution in [2.45, 2.75) is 13.3 Å². The molecule has 1 unspecified atom stereocenters. The molecule has 0 aromatic heterocycles. The topological polar surface area (TPSA) is 35.5 Å². The summed E-state index contributed by atoms with van der Waals surface area (Å²) in [6, 6.07) is 18.2. The number of allylic oxidation sites excluding steroid dienone is 1. The molecular formula is C18H18BrO3PSe. The van der Waals surface area contributed by atoms with Gasteiger partial charge in [-0.2, -0.15) is 0 Å². The van der Waals surface area contributed by atoms with Crippen LogP contribution in [0.4, 0.5) is 0 Å². The third kappa shape index (κ3) is 4.22. The molecule has 0 spiro atoms. The van der Waals surface area contributed by atoms with E-state index in [9.17, 15) is 4.57 Å². The Morgan fingerprint density at radius 2 is 1.88 bits per heavy atom. The van der Waals surface area contributed by atoms with Crippen LogP contribution < -0.4 is 4.46 Å². The van der Waals surface area contributed by atoms with Crippen LogP contribution in [0.2, 0.25) is 0 Å². The standard InChI is InChI=1S/C18H18BrO3PSe/c1-2-21-23(20)13-12-17(24-14-8-4-3-5-9-14)18(22-23)15-10-6-7-11-16(15)19/h3-11H,2,12-13H2,1H3. The van der Waals surface area contributed by atoms with Crippen molar-refractivity contribution in [3.05, 3.63) is 69.1 Å². The zero-order chi connectivity index (χ0) is 17.0. The van der Waals surface area contributed by atoms with Crippen LogP contribution in [-0.4, -0.2) is 27.7 Å². The van der Waals surface area contributed by atoms with E-state index in [2.05, 4.69) is 28.1 Å². The van der Waals surface area contributed by atoms with E-state index < -0.39 is 7.60 Å². The molecule has 0 saturated carbocycles. The molecule has 1 heterocycles. The second kappa shape index (κ2) is 8.03. The van der Waals surface area contributed by atoms with Gasteiger partial charge in [-0.1, -0.05) is 0 Å². The quantitative estimate of drug-likeness (QED) is 0.464. The fourth-order valence-electron chi connectivity index (χ4n) is 2.45. The van der Waals surface area contributed by atoms with Crippen LogP contribution in [0, 0.1) is 0 Å². The van der Waals surface area contributed by atoms with E-state index in [-0.39, 0.29) is 15.0 Å².